The molecule has 5 rings (SSSR count). The number of thiophene rings is 1. The number of fused-ring (bicyclic) bond motifs is 1. The van der Waals surface area contributed by atoms with Crippen LogP contribution in [0.5, 0.6) is 0 Å². The lowest BCUT2D eigenvalue weighted by Crippen LogP contribution is -2.49. The van der Waals surface area contributed by atoms with Gasteiger partial charge in [-0.2, -0.15) is 13.2 Å². The predicted molar refractivity (Wildman–Crippen MR) is 124 cm³/mol. The van der Waals surface area contributed by atoms with Gasteiger partial charge in [0.25, 0.3) is 0 Å². The van der Waals surface area contributed by atoms with Gasteiger partial charge in [-0.25, -0.2) is 0 Å². The zero-order chi connectivity index (χ0) is 23.2. The molecule has 0 bridgehead atoms. The van der Waals surface area contributed by atoms with Crippen molar-refractivity contribution in [3.8, 4) is 21.6 Å². The van der Waals surface area contributed by atoms with E-state index in [1.54, 1.807) is 42.5 Å². The molecule has 1 aromatic heterocycles. The van der Waals surface area contributed by atoms with Crippen molar-refractivity contribution in [2.45, 2.75) is 12.7 Å². The topological polar surface area (TPSA) is 40.5 Å². The minimum atomic E-state index is -4.47. The average molecular weight is 468 g/mol. The Morgan fingerprint density at radius 1 is 0.970 bits per heavy atom. The van der Waals surface area contributed by atoms with E-state index >= 15 is 0 Å². The summed E-state index contributed by atoms with van der Waals surface area (Å²) in [4.78, 5) is 13.9. The highest BCUT2D eigenvalue weighted by molar-refractivity contribution is 7.22. The van der Waals surface area contributed by atoms with Gasteiger partial charge in [0.05, 0.1) is 11.5 Å². The molecule has 2 heterocycles. The van der Waals surface area contributed by atoms with Gasteiger partial charge >= 0.3 is 12.1 Å². The Hall–Kier alpha value is -3.16. The highest BCUT2D eigenvalue weighted by atomic mass is 32.1. The van der Waals surface area contributed by atoms with E-state index in [1.165, 1.54) is 17.4 Å². The molecule has 7 heteroatoms. The minimum Gasteiger partial charge on any atom is -0.481 e. The third-order valence-corrected chi connectivity index (χ3v) is 7.20. The van der Waals surface area contributed by atoms with E-state index in [0.717, 1.165) is 20.5 Å². The van der Waals surface area contributed by atoms with Crippen LogP contribution < -0.4 is 0 Å². The maximum atomic E-state index is 13.9. The second-order valence-corrected chi connectivity index (χ2v) is 9.38. The number of benzene rings is 3. The Morgan fingerprint density at radius 2 is 1.73 bits per heavy atom. The highest BCUT2D eigenvalue weighted by Crippen LogP contribution is 2.42. The van der Waals surface area contributed by atoms with Gasteiger partial charge in [0.2, 0.25) is 0 Å². The summed E-state index contributed by atoms with van der Waals surface area (Å²) in [5.74, 6) is -1.10. The molecular formula is C26H20F3NO2S. The Labute approximate surface area is 192 Å². The van der Waals surface area contributed by atoms with E-state index in [1.807, 2.05) is 24.3 Å². The van der Waals surface area contributed by atoms with Gasteiger partial charge < -0.3 is 5.11 Å². The van der Waals surface area contributed by atoms with Crippen molar-refractivity contribution in [2.75, 3.05) is 13.1 Å². The van der Waals surface area contributed by atoms with E-state index < -0.39 is 17.7 Å². The number of nitrogens with zero attached hydrogens (tertiary/aromatic N) is 1. The summed E-state index contributed by atoms with van der Waals surface area (Å²) in [7, 11) is 0. The van der Waals surface area contributed by atoms with Crippen molar-refractivity contribution in [3.63, 3.8) is 0 Å². The molecule has 3 nitrogen and oxygen atoms in total. The van der Waals surface area contributed by atoms with Crippen LogP contribution in [0.3, 0.4) is 0 Å². The molecule has 0 saturated carbocycles. The molecule has 0 unspecified atom stereocenters. The van der Waals surface area contributed by atoms with Crippen molar-refractivity contribution < 1.29 is 23.1 Å². The van der Waals surface area contributed by atoms with Crippen LogP contribution in [-0.2, 0) is 17.5 Å². The highest BCUT2D eigenvalue weighted by Gasteiger charge is 2.34. The number of carboxylic acid groups (broad SMARTS) is 1. The lowest BCUT2D eigenvalue weighted by molar-refractivity contribution is -0.147. The molecule has 0 radical (unpaired) electrons. The van der Waals surface area contributed by atoms with Crippen LogP contribution in [0.1, 0.15) is 11.1 Å². The lowest BCUT2D eigenvalue weighted by atomic mass is 9.96. The number of hydrogen-bond acceptors (Lipinski definition) is 3. The summed E-state index contributed by atoms with van der Waals surface area (Å²) >= 11 is 1.46. The van der Waals surface area contributed by atoms with Crippen LogP contribution in [0.4, 0.5) is 13.2 Å². The minimum absolute atomic E-state index is 0.166. The monoisotopic (exact) mass is 467 g/mol. The number of hydrogen-bond donors (Lipinski definition) is 1. The van der Waals surface area contributed by atoms with Crippen molar-refractivity contribution in [1.82, 2.24) is 4.90 Å². The first-order chi connectivity index (χ1) is 15.8. The SMILES string of the molecule is O=C(O)C1CN(Cc2cccc3sc(-c4ccc(-c5ccccc5)c(C(F)(F)F)c4)cc23)C1. The first kappa shape index (κ1) is 21.7. The molecule has 0 atom stereocenters. The molecule has 0 spiro atoms. The van der Waals surface area contributed by atoms with Crippen LogP contribution in [0, 0.1) is 5.92 Å². The molecule has 0 aliphatic carbocycles. The number of carbonyl (C=O) groups is 1. The van der Waals surface area contributed by atoms with Gasteiger partial charge in [-0.1, -0.05) is 54.6 Å². The van der Waals surface area contributed by atoms with Crippen molar-refractivity contribution >= 4 is 27.4 Å². The summed E-state index contributed by atoms with van der Waals surface area (Å²) < 4.78 is 42.8. The van der Waals surface area contributed by atoms with E-state index in [9.17, 15) is 18.0 Å². The van der Waals surface area contributed by atoms with E-state index in [4.69, 9.17) is 5.11 Å². The number of aliphatic carboxylic acids is 1. The normalized spacial score (nSPS) is 15.0. The van der Waals surface area contributed by atoms with Crippen LogP contribution in [0.2, 0.25) is 0 Å². The van der Waals surface area contributed by atoms with Crippen LogP contribution in [0.15, 0.2) is 72.8 Å². The predicted octanol–water partition coefficient (Wildman–Crippen LogP) is 6.77. The maximum absolute atomic E-state index is 13.9. The fourth-order valence-electron chi connectivity index (χ4n) is 4.30. The van der Waals surface area contributed by atoms with Gasteiger partial charge in [-0.15, -0.1) is 11.3 Å². The molecular weight excluding hydrogens is 447 g/mol. The van der Waals surface area contributed by atoms with Gasteiger partial charge in [-0.3, -0.25) is 9.69 Å². The van der Waals surface area contributed by atoms with Crippen molar-refractivity contribution in [2.24, 2.45) is 5.92 Å². The van der Waals surface area contributed by atoms with Crippen LogP contribution in [-0.4, -0.2) is 29.1 Å². The van der Waals surface area contributed by atoms with Crippen LogP contribution in [0.25, 0.3) is 31.7 Å². The molecule has 0 amide bonds. The second kappa shape index (κ2) is 8.32. The Kier molecular flexibility index (Phi) is 5.46. The number of alkyl halides is 3. The summed E-state index contributed by atoms with van der Waals surface area (Å²) in [6.07, 6.45) is -4.47. The lowest BCUT2D eigenvalue weighted by Gasteiger charge is -2.36. The molecule has 1 fully saturated rings. The first-order valence-electron chi connectivity index (χ1n) is 10.5. The second-order valence-electron chi connectivity index (χ2n) is 8.29. The standard InChI is InChI=1S/C26H20F3NO2S/c27-26(28,29)22-11-17(9-10-20(22)16-5-2-1-3-6-16)24-12-21-18(7-4-8-23(21)33-24)13-30-14-19(15-30)25(31)32/h1-12,19H,13-15H2,(H,31,32). The van der Waals surface area contributed by atoms with Crippen LogP contribution >= 0.6 is 11.3 Å². The zero-order valence-electron chi connectivity index (χ0n) is 17.5. The molecule has 168 valence electrons. The summed E-state index contributed by atoms with van der Waals surface area (Å²) in [5.41, 5.74) is 1.63. The molecule has 1 aliphatic rings. The summed E-state index contributed by atoms with van der Waals surface area (Å²) in [6.45, 7) is 1.65. The molecule has 1 saturated heterocycles. The Morgan fingerprint density at radius 3 is 2.42 bits per heavy atom. The number of halogens is 3. The summed E-state index contributed by atoms with van der Waals surface area (Å²) in [6, 6.07) is 21.0. The third-order valence-electron chi connectivity index (χ3n) is 6.05. The number of rotatable bonds is 5. The number of likely N-dealkylation sites (tertiary alicyclic amines) is 1. The fourth-order valence-corrected chi connectivity index (χ4v) is 5.40. The van der Waals surface area contributed by atoms with E-state index in [0.29, 0.717) is 30.8 Å². The van der Waals surface area contributed by atoms with E-state index in [-0.39, 0.29) is 11.5 Å². The molecule has 1 aliphatic heterocycles. The zero-order valence-corrected chi connectivity index (χ0v) is 18.3. The largest absolute Gasteiger partial charge is 0.481 e. The van der Waals surface area contributed by atoms with Gasteiger partial charge in [0.1, 0.15) is 0 Å². The fraction of sp³-hybridized carbons (Fsp3) is 0.192. The Bertz CT molecular complexity index is 1320. The molecule has 33 heavy (non-hydrogen) atoms. The Balaban J connectivity index is 1.50. The van der Waals surface area contributed by atoms with Gasteiger partial charge in [0, 0.05) is 29.2 Å². The molecule has 3 aromatic carbocycles. The van der Waals surface area contributed by atoms with Crippen molar-refractivity contribution in [3.05, 3.63) is 83.9 Å². The quantitative estimate of drug-likeness (QED) is 0.352. The van der Waals surface area contributed by atoms with Gasteiger partial charge in [-0.05, 0) is 45.8 Å². The van der Waals surface area contributed by atoms with Crippen molar-refractivity contribution in [1.29, 1.82) is 0 Å². The molecule has 4 aromatic rings. The first-order valence-corrected chi connectivity index (χ1v) is 11.3. The third kappa shape index (κ3) is 4.26. The van der Waals surface area contributed by atoms with Gasteiger partial charge in [0.15, 0.2) is 0 Å². The number of carboxylic acids is 1. The van der Waals surface area contributed by atoms with E-state index in [2.05, 4.69) is 4.90 Å². The molecule has 1 N–H and O–H groups in total. The maximum Gasteiger partial charge on any atom is 0.417 e. The summed E-state index contributed by atoms with van der Waals surface area (Å²) in [5, 5.41) is 10.1. The average Bonchev–Trinajstić information content (AvgIpc) is 3.20. The smallest absolute Gasteiger partial charge is 0.417 e.